The number of hydrogen-bond acceptors (Lipinski definition) is 5. The first-order valence-electron chi connectivity index (χ1n) is 25.6. The number of para-hydroxylation sites is 3. The molecule has 15 rings (SSSR count). The monoisotopic (exact) mass is 962 g/mol. The summed E-state index contributed by atoms with van der Waals surface area (Å²) in [5, 5.41) is 9.00. The highest BCUT2D eigenvalue weighted by Gasteiger charge is 2.24. The van der Waals surface area contributed by atoms with Crippen molar-refractivity contribution >= 4 is 76.5 Å². The van der Waals surface area contributed by atoms with Gasteiger partial charge in [-0.25, -0.2) is 15.0 Å². The van der Waals surface area contributed by atoms with E-state index in [0.717, 1.165) is 105 Å². The predicted molar refractivity (Wildman–Crippen MR) is 310 cm³/mol. The van der Waals surface area contributed by atoms with E-state index >= 15 is 0 Å². The Morgan fingerprint density at radius 2 is 0.893 bits per heavy atom. The van der Waals surface area contributed by atoms with Crippen molar-refractivity contribution < 1.29 is 8.83 Å². The van der Waals surface area contributed by atoms with E-state index < -0.39 is 0 Å². The number of rotatable bonds is 7. The fourth-order valence-electron chi connectivity index (χ4n) is 11.1. The molecule has 0 radical (unpaired) electrons. The summed E-state index contributed by atoms with van der Waals surface area (Å²) in [5.41, 5.74) is 15.7. The molecule has 0 amide bonds. The van der Waals surface area contributed by atoms with Gasteiger partial charge in [0.05, 0.1) is 11.0 Å². The van der Waals surface area contributed by atoms with Crippen LogP contribution in [-0.2, 0) is 0 Å². The van der Waals surface area contributed by atoms with Gasteiger partial charge in [-0.2, -0.15) is 0 Å². The molecule has 15 aromatic rings. The standard InChI is InChI=1S/C67H40N4O2.C2H6/c1-3-16-41(17-4-1)44-21-13-22-45(38-44)50-35-36-54(64-62(50)55-27-10-12-31-59(55)73-64)53-28-15-29-56-61-49-25-8-7-18-42(49)33-37-57(61)71(63(53)56)48-24-14-23-46(39-48)66-68-65(43-19-5-2-6-20-43)69-67(70-66)47-32-34-52-51-26-9-11-30-58(51)72-60(52)40-47;1-2/h1-40H;1-2H3. The molecule has 0 fully saturated rings. The van der Waals surface area contributed by atoms with Gasteiger partial charge in [-0.3, -0.25) is 0 Å². The molecule has 0 aliphatic carbocycles. The summed E-state index contributed by atoms with van der Waals surface area (Å²) < 4.78 is 15.8. The summed E-state index contributed by atoms with van der Waals surface area (Å²) >= 11 is 0. The number of fused-ring (bicyclic) bond motifs is 11. The lowest BCUT2D eigenvalue weighted by Crippen LogP contribution is -2.01. The van der Waals surface area contributed by atoms with Gasteiger partial charge in [0.25, 0.3) is 0 Å². The van der Waals surface area contributed by atoms with Crippen molar-refractivity contribution in [3.63, 3.8) is 0 Å². The second-order valence-electron chi connectivity index (χ2n) is 18.7. The normalized spacial score (nSPS) is 11.6. The molecule has 11 aromatic carbocycles. The van der Waals surface area contributed by atoms with Crippen molar-refractivity contribution in [2.45, 2.75) is 13.8 Å². The third kappa shape index (κ3) is 7.29. The summed E-state index contributed by atoms with van der Waals surface area (Å²) in [4.78, 5) is 15.5. The van der Waals surface area contributed by atoms with Gasteiger partial charge in [-0.15, -0.1) is 0 Å². The van der Waals surface area contributed by atoms with Gasteiger partial charge in [0.15, 0.2) is 17.5 Å². The summed E-state index contributed by atoms with van der Waals surface area (Å²) in [6, 6.07) is 85.2. The Labute approximate surface area is 432 Å². The minimum Gasteiger partial charge on any atom is -0.456 e. The van der Waals surface area contributed by atoms with E-state index in [9.17, 15) is 0 Å². The van der Waals surface area contributed by atoms with Crippen molar-refractivity contribution in [3.8, 4) is 73.2 Å². The Morgan fingerprint density at radius 1 is 0.320 bits per heavy atom. The Bertz CT molecular complexity index is 4680. The van der Waals surface area contributed by atoms with E-state index in [1.165, 1.54) is 27.3 Å². The molecule has 0 aliphatic heterocycles. The Hall–Kier alpha value is -9.91. The van der Waals surface area contributed by atoms with Crippen LogP contribution in [0.1, 0.15) is 13.8 Å². The minimum atomic E-state index is 0.562. The van der Waals surface area contributed by atoms with Crippen molar-refractivity contribution in [1.82, 2.24) is 19.5 Å². The van der Waals surface area contributed by atoms with Crippen LogP contribution in [0.2, 0.25) is 0 Å². The average molecular weight is 963 g/mol. The van der Waals surface area contributed by atoms with Crippen LogP contribution in [0.3, 0.4) is 0 Å². The molecule has 6 heteroatoms. The van der Waals surface area contributed by atoms with Crippen LogP contribution in [0.4, 0.5) is 0 Å². The predicted octanol–water partition coefficient (Wildman–Crippen LogP) is 18.9. The highest BCUT2D eigenvalue weighted by molar-refractivity contribution is 6.25. The molecule has 354 valence electrons. The molecule has 0 spiro atoms. The van der Waals surface area contributed by atoms with Crippen LogP contribution in [0.15, 0.2) is 251 Å². The Morgan fingerprint density at radius 3 is 1.69 bits per heavy atom. The fraction of sp³-hybridized carbons (Fsp3) is 0.0290. The fourth-order valence-corrected chi connectivity index (χ4v) is 11.1. The summed E-state index contributed by atoms with van der Waals surface area (Å²) in [6.45, 7) is 4.00. The molecule has 0 atom stereocenters. The molecule has 0 saturated carbocycles. The van der Waals surface area contributed by atoms with Gasteiger partial charge in [-0.1, -0.05) is 202 Å². The third-order valence-corrected chi connectivity index (χ3v) is 14.4. The Balaban J connectivity index is 0.00000255. The molecule has 0 saturated heterocycles. The van der Waals surface area contributed by atoms with E-state index in [1.54, 1.807) is 0 Å². The van der Waals surface area contributed by atoms with E-state index in [2.05, 4.69) is 187 Å². The molecule has 75 heavy (non-hydrogen) atoms. The van der Waals surface area contributed by atoms with Gasteiger partial charge in [-0.05, 0) is 87.6 Å². The zero-order chi connectivity index (χ0) is 50.0. The van der Waals surface area contributed by atoms with Gasteiger partial charge in [0.2, 0.25) is 0 Å². The highest BCUT2D eigenvalue weighted by atomic mass is 16.3. The number of hydrogen-bond donors (Lipinski definition) is 0. The molecule has 0 bridgehead atoms. The van der Waals surface area contributed by atoms with Gasteiger partial charge in [0, 0.05) is 65.8 Å². The van der Waals surface area contributed by atoms with Crippen LogP contribution in [0.25, 0.3) is 150 Å². The van der Waals surface area contributed by atoms with Crippen molar-refractivity contribution in [1.29, 1.82) is 0 Å². The smallest absolute Gasteiger partial charge is 0.164 e. The molecule has 4 aromatic heterocycles. The lowest BCUT2D eigenvalue weighted by molar-refractivity contribution is 0.669. The van der Waals surface area contributed by atoms with E-state index in [0.29, 0.717) is 17.5 Å². The van der Waals surface area contributed by atoms with Crippen LogP contribution >= 0.6 is 0 Å². The summed E-state index contributed by atoms with van der Waals surface area (Å²) in [5.74, 6) is 1.72. The lowest BCUT2D eigenvalue weighted by atomic mass is 9.92. The van der Waals surface area contributed by atoms with Crippen molar-refractivity contribution in [2.75, 3.05) is 0 Å². The second kappa shape index (κ2) is 18.0. The zero-order valence-electron chi connectivity index (χ0n) is 41.2. The molecule has 0 unspecified atom stereocenters. The maximum atomic E-state index is 7.03. The van der Waals surface area contributed by atoms with Crippen molar-refractivity contribution in [3.05, 3.63) is 243 Å². The van der Waals surface area contributed by atoms with Gasteiger partial charge >= 0.3 is 0 Å². The molecule has 0 N–H and O–H groups in total. The average Bonchev–Trinajstić information content (AvgIpc) is 4.25. The number of aromatic nitrogens is 4. The molecule has 4 heterocycles. The van der Waals surface area contributed by atoms with E-state index in [1.807, 2.05) is 74.5 Å². The van der Waals surface area contributed by atoms with Crippen molar-refractivity contribution in [2.24, 2.45) is 0 Å². The number of furan rings is 2. The maximum absolute atomic E-state index is 7.03. The van der Waals surface area contributed by atoms with Crippen LogP contribution in [0, 0.1) is 0 Å². The minimum absolute atomic E-state index is 0.562. The SMILES string of the molecule is CC.c1ccc(-c2cccc(-c3ccc(-c4cccc5c6c7ccccc7ccc6n(-c6cccc(-c7nc(-c8ccccc8)nc(-c8ccc9c(c8)oc8ccccc89)n7)c6)c45)c4oc5ccccc5c34)c2)cc1. The molecule has 0 aliphatic rings. The zero-order valence-corrected chi connectivity index (χ0v) is 41.2. The maximum Gasteiger partial charge on any atom is 0.164 e. The number of nitrogens with zero attached hydrogens (tertiary/aromatic N) is 4. The largest absolute Gasteiger partial charge is 0.456 e. The summed E-state index contributed by atoms with van der Waals surface area (Å²) in [6.07, 6.45) is 0. The first kappa shape index (κ1) is 43.8. The van der Waals surface area contributed by atoms with Gasteiger partial charge < -0.3 is 13.4 Å². The Kier molecular flexibility index (Phi) is 10.5. The quantitative estimate of drug-likeness (QED) is 0.159. The first-order chi connectivity index (χ1) is 37.2. The molecular formula is C69H46N4O2. The molecule has 6 nitrogen and oxygen atoms in total. The molecular weight excluding hydrogens is 917 g/mol. The van der Waals surface area contributed by atoms with E-state index in [4.69, 9.17) is 23.8 Å². The third-order valence-electron chi connectivity index (χ3n) is 14.4. The lowest BCUT2D eigenvalue weighted by Gasteiger charge is -2.15. The van der Waals surface area contributed by atoms with Gasteiger partial charge in [0.1, 0.15) is 22.3 Å². The van der Waals surface area contributed by atoms with Crippen LogP contribution < -0.4 is 0 Å². The highest BCUT2D eigenvalue weighted by Crippen LogP contribution is 2.47. The van der Waals surface area contributed by atoms with Crippen LogP contribution in [0.5, 0.6) is 0 Å². The van der Waals surface area contributed by atoms with Crippen LogP contribution in [-0.4, -0.2) is 19.5 Å². The second-order valence-corrected chi connectivity index (χ2v) is 18.7. The summed E-state index contributed by atoms with van der Waals surface area (Å²) in [7, 11) is 0. The van der Waals surface area contributed by atoms with E-state index in [-0.39, 0.29) is 0 Å². The topological polar surface area (TPSA) is 69.9 Å². The number of benzene rings is 11. The first-order valence-corrected chi connectivity index (χ1v) is 25.6.